The molecule has 0 rings (SSSR count). The summed E-state index contributed by atoms with van der Waals surface area (Å²) in [6, 6.07) is -0.796. The summed E-state index contributed by atoms with van der Waals surface area (Å²) in [5, 5.41) is 9.00. The number of amides is 1. The summed E-state index contributed by atoms with van der Waals surface area (Å²) in [6.07, 6.45) is -6.03. The van der Waals surface area contributed by atoms with Crippen molar-refractivity contribution in [2.24, 2.45) is 5.92 Å². The second-order valence-corrected chi connectivity index (χ2v) is 5.13. The number of carbonyl (C=O) groups excluding carboxylic acids is 4. The first-order valence-corrected chi connectivity index (χ1v) is 8.32. The molecular weight excluding hydrogens is 389 g/mol. The van der Waals surface area contributed by atoms with Gasteiger partial charge in [-0.25, -0.2) is 9.59 Å². The zero-order chi connectivity index (χ0) is 21.9. The van der Waals surface area contributed by atoms with E-state index in [0.29, 0.717) is 0 Å². The van der Waals surface area contributed by atoms with Crippen molar-refractivity contribution in [1.29, 1.82) is 5.26 Å². The molecule has 0 N–H and O–H groups in total. The van der Waals surface area contributed by atoms with Crippen molar-refractivity contribution in [1.82, 2.24) is 4.90 Å². The molecule has 0 aromatic heterocycles. The third-order valence-electron chi connectivity index (χ3n) is 3.22. The van der Waals surface area contributed by atoms with Crippen LogP contribution in [0.3, 0.4) is 0 Å². The predicted molar refractivity (Wildman–Crippen MR) is 85.2 cm³/mol. The Kier molecular flexibility index (Phi) is 10.6. The van der Waals surface area contributed by atoms with Gasteiger partial charge >= 0.3 is 30.0 Å². The Morgan fingerprint density at radius 1 is 0.929 bits per heavy atom. The molecule has 0 aliphatic heterocycles. The van der Waals surface area contributed by atoms with Gasteiger partial charge in [0, 0.05) is 6.54 Å². The van der Waals surface area contributed by atoms with E-state index in [0.717, 1.165) is 0 Å². The summed E-state index contributed by atoms with van der Waals surface area (Å²) in [5.41, 5.74) is 0. The molecule has 0 saturated heterocycles. The van der Waals surface area contributed by atoms with E-state index < -0.39 is 54.9 Å². The van der Waals surface area contributed by atoms with E-state index in [4.69, 9.17) is 5.26 Å². The fourth-order valence-electron chi connectivity index (χ4n) is 2.05. The van der Waals surface area contributed by atoms with Crippen LogP contribution in [0.5, 0.6) is 0 Å². The largest absolute Gasteiger partial charge is 0.471 e. The van der Waals surface area contributed by atoms with Crippen LogP contribution >= 0.6 is 0 Å². The maximum atomic E-state index is 13.0. The molecule has 0 bridgehead atoms. The molecule has 9 nitrogen and oxygen atoms in total. The van der Waals surface area contributed by atoms with Crippen LogP contribution in [-0.2, 0) is 33.4 Å². The maximum Gasteiger partial charge on any atom is 0.471 e. The van der Waals surface area contributed by atoms with Gasteiger partial charge in [-0.05, 0) is 27.2 Å². The summed E-state index contributed by atoms with van der Waals surface area (Å²) in [6.45, 7) is 2.63. The molecule has 28 heavy (non-hydrogen) atoms. The molecule has 12 heteroatoms. The zero-order valence-electron chi connectivity index (χ0n) is 15.6. The molecule has 1 unspecified atom stereocenters. The van der Waals surface area contributed by atoms with Crippen molar-refractivity contribution >= 4 is 23.8 Å². The Bertz CT molecular complexity index is 598. The van der Waals surface area contributed by atoms with Crippen molar-refractivity contribution in [2.45, 2.75) is 39.4 Å². The topological polar surface area (TPSA) is 123 Å². The molecule has 0 radical (unpaired) electrons. The van der Waals surface area contributed by atoms with Gasteiger partial charge in [0.25, 0.3) is 0 Å². The van der Waals surface area contributed by atoms with Gasteiger partial charge < -0.3 is 19.1 Å². The molecule has 0 aliphatic rings. The first kappa shape index (κ1) is 25.2. The number of alkyl halides is 3. The number of ether oxygens (including phenoxy) is 3. The minimum Gasteiger partial charge on any atom is -0.465 e. The Morgan fingerprint density at radius 2 is 1.36 bits per heavy atom. The monoisotopic (exact) mass is 410 g/mol. The van der Waals surface area contributed by atoms with Crippen LogP contribution in [0.4, 0.5) is 13.2 Å². The van der Waals surface area contributed by atoms with Gasteiger partial charge in [0.1, 0.15) is 5.92 Å². The van der Waals surface area contributed by atoms with Gasteiger partial charge in [-0.1, -0.05) is 0 Å². The average Bonchev–Trinajstić information content (AvgIpc) is 2.60. The second kappa shape index (κ2) is 11.8. The zero-order valence-corrected chi connectivity index (χ0v) is 15.6. The molecule has 0 aliphatic carbocycles. The summed E-state index contributed by atoms with van der Waals surface area (Å²) in [7, 11) is 0. The van der Waals surface area contributed by atoms with Crippen LogP contribution in [0.15, 0.2) is 0 Å². The predicted octanol–water partition coefficient (Wildman–Crippen LogP) is 0.965. The number of esters is 3. The smallest absolute Gasteiger partial charge is 0.465 e. The van der Waals surface area contributed by atoms with Gasteiger partial charge in [-0.15, -0.1) is 0 Å². The standard InChI is InChI=1S/C16H21F3N2O7/c1-4-26-12(22)10(9-20)7-8-21(15(25)16(17,18)19)11(13(23)27-5-2)14(24)28-6-3/h10-11H,4-8H2,1-3H3. The van der Waals surface area contributed by atoms with E-state index in [2.05, 4.69) is 14.2 Å². The minimum atomic E-state index is -5.43. The van der Waals surface area contributed by atoms with Gasteiger partial charge in [-0.2, -0.15) is 18.4 Å². The third-order valence-corrected chi connectivity index (χ3v) is 3.22. The van der Waals surface area contributed by atoms with Crippen molar-refractivity contribution in [3.05, 3.63) is 0 Å². The maximum absolute atomic E-state index is 13.0. The van der Waals surface area contributed by atoms with Crippen molar-refractivity contribution in [3.8, 4) is 6.07 Å². The summed E-state index contributed by atoms with van der Waals surface area (Å²) in [5.74, 6) is -7.88. The number of carbonyl (C=O) groups is 4. The average molecular weight is 410 g/mol. The molecule has 1 amide bonds. The Morgan fingerprint density at radius 3 is 1.71 bits per heavy atom. The molecule has 0 spiro atoms. The molecular formula is C16H21F3N2O7. The van der Waals surface area contributed by atoms with E-state index in [1.165, 1.54) is 20.8 Å². The number of nitrogens with zero attached hydrogens (tertiary/aromatic N) is 2. The molecule has 0 saturated carbocycles. The van der Waals surface area contributed by atoms with E-state index in [-0.39, 0.29) is 24.7 Å². The normalized spacial score (nSPS) is 11.9. The highest BCUT2D eigenvalue weighted by Gasteiger charge is 2.49. The first-order chi connectivity index (χ1) is 13.0. The highest BCUT2D eigenvalue weighted by atomic mass is 19.4. The van der Waals surface area contributed by atoms with Gasteiger partial charge in [0.05, 0.1) is 25.9 Å². The lowest BCUT2D eigenvalue weighted by atomic mass is 10.1. The van der Waals surface area contributed by atoms with Gasteiger partial charge in [-0.3, -0.25) is 9.59 Å². The van der Waals surface area contributed by atoms with Crippen molar-refractivity contribution in [3.63, 3.8) is 0 Å². The Hall–Kier alpha value is -2.84. The fourth-order valence-corrected chi connectivity index (χ4v) is 2.05. The van der Waals surface area contributed by atoms with E-state index in [1.54, 1.807) is 6.07 Å². The molecule has 0 fully saturated rings. The summed E-state index contributed by atoms with van der Waals surface area (Å²) < 4.78 is 52.7. The van der Waals surface area contributed by atoms with Crippen molar-refractivity contribution < 1.29 is 46.6 Å². The lowest BCUT2D eigenvalue weighted by Crippen LogP contribution is -2.55. The highest BCUT2D eigenvalue weighted by molar-refractivity contribution is 6.03. The van der Waals surface area contributed by atoms with Crippen LogP contribution in [0.1, 0.15) is 27.2 Å². The molecule has 0 heterocycles. The molecule has 0 aromatic carbocycles. The Balaban J connectivity index is 5.83. The summed E-state index contributed by atoms with van der Waals surface area (Å²) in [4.78, 5) is 47.4. The number of halogens is 3. The number of nitriles is 1. The second-order valence-electron chi connectivity index (χ2n) is 5.13. The lowest BCUT2D eigenvalue weighted by Gasteiger charge is -2.29. The van der Waals surface area contributed by atoms with Crippen LogP contribution in [0.25, 0.3) is 0 Å². The Labute approximate surface area is 159 Å². The first-order valence-electron chi connectivity index (χ1n) is 8.32. The SMILES string of the molecule is CCOC(=O)C(C#N)CCN(C(=O)C(F)(F)F)C(C(=O)OCC)C(=O)OCC. The van der Waals surface area contributed by atoms with Crippen molar-refractivity contribution in [2.75, 3.05) is 26.4 Å². The molecule has 1 atom stereocenters. The highest BCUT2D eigenvalue weighted by Crippen LogP contribution is 2.22. The van der Waals surface area contributed by atoms with Crippen LogP contribution in [0.2, 0.25) is 0 Å². The summed E-state index contributed by atoms with van der Waals surface area (Å²) >= 11 is 0. The van der Waals surface area contributed by atoms with Gasteiger partial charge in [0.2, 0.25) is 6.04 Å². The van der Waals surface area contributed by atoms with E-state index in [1.807, 2.05) is 0 Å². The van der Waals surface area contributed by atoms with E-state index in [9.17, 15) is 32.3 Å². The van der Waals surface area contributed by atoms with Crippen LogP contribution in [-0.4, -0.2) is 67.3 Å². The van der Waals surface area contributed by atoms with Crippen LogP contribution < -0.4 is 0 Å². The quantitative estimate of drug-likeness (QED) is 0.296. The van der Waals surface area contributed by atoms with E-state index >= 15 is 0 Å². The number of rotatable bonds is 10. The third kappa shape index (κ3) is 7.42. The number of hydrogen-bond acceptors (Lipinski definition) is 8. The van der Waals surface area contributed by atoms with Gasteiger partial charge in [0.15, 0.2) is 0 Å². The molecule has 0 aromatic rings. The fraction of sp³-hybridized carbons (Fsp3) is 0.688. The van der Waals surface area contributed by atoms with Crippen LogP contribution in [0, 0.1) is 17.2 Å². The lowest BCUT2D eigenvalue weighted by molar-refractivity contribution is -0.193. The minimum absolute atomic E-state index is 0.0729. The number of hydrogen-bond donors (Lipinski definition) is 0. The molecule has 158 valence electrons.